The van der Waals surface area contributed by atoms with Gasteiger partial charge in [-0.3, -0.25) is 14.5 Å². The number of pyridine rings is 1. The molecule has 30 heavy (non-hydrogen) atoms. The van der Waals surface area contributed by atoms with E-state index in [4.69, 9.17) is 9.47 Å². The van der Waals surface area contributed by atoms with E-state index in [2.05, 4.69) is 29.0 Å². The molecule has 0 aliphatic carbocycles. The second-order valence-corrected chi connectivity index (χ2v) is 8.47. The van der Waals surface area contributed by atoms with Crippen molar-refractivity contribution in [3.63, 3.8) is 0 Å². The molecule has 2 aromatic rings. The van der Waals surface area contributed by atoms with E-state index in [0.29, 0.717) is 24.3 Å². The van der Waals surface area contributed by atoms with Gasteiger partial charge in [0.1, 0.15) is 11.3 Å². The van der Waals surface area contributed by atoms with E-state index in [1.165, 1.54) is 0 Å². The maximum absolute atomic E-state index is 12.7. The Morgan fingerprint density at radius 1 is 1.20 bits per heavy atom. The Morgan fingerprint density at radius 2 is 1.97 bits per heavy atom. The molecule has 1 amide bonds. The number of methoxy groups -OCH3 is 1. The molecule has 2 saturated heterocycles. The van der Waals surface area contributed by atoms with Gasteiger partial charge in [0.25, 0.3) is 11.5 Å². The molecule has 7 nitrogen and oxygen atoms in total. The summed E-state index contributed by atoms with van der Waals surface area (Å²) in [5, 5.41) is 3.04. The van der Waals surface area contributed by atoms with Gasteiger partial charge in [0, 0.05) is 30.9 Å². The first-order valence-corrected chi connectivity index (χ1v) is 10.5. The fourth-order valence-corrected chi connectivity index (χ4v) is 4.26. The monoisotopic (exact) mass is 411 g/mol. The number of morpholine rings is 1. The molecule has 4 rings (SSSR count). The van der Waals surface area contributed by atoms with Gasteiger partial charge in [0.2, 0.25) is 0 Å². The largest absolute Gasteiger partial charge is 0.497 e. The van der Waals surface area contributed by atoms with Crippen molar-refractivity contribution in [2.75, 3.05) is 26.8 Å². The van der Waals surface area contributed by atoms with Crippen LogP contribution in [-0.4, -0.2) is 60.8 Å². The molecule has 1 aromatic carbocycles. The maximum Gasteiger partial charge on any atom is 0.261 e. The van der Waals surface area contributed by atoms with Gasteiger partial charge in [-0.2, -0.15) is 0 Å². The predicted molar refractivity (Wildman–Crippen MR) is 115 cm³/mol. The topological polar surface area (TPSA) is 83.7 Å². The third-order valence-electron chi connectivity index (χ3n) is 6.08. The van der Waals surface area contributed by atoms with Crippen LogP contribution in [0.1, 0.15) is 30.6 Å². The Bertz CT molecular complexity index is 954. The van der Waals surface area contributed by atoms with Crippen LogP contribution in [0.5, 0.6) is 5.75 Å². The number of amides is 1. The second-order valence-electron chi connectivity index (χ2n) is 8.47. The Balaban J connectivity index is 1.41. The Labute approximate surface area is 176 Å². The van der Waals surface area contributed by atoms with Crippen molar-refractivity contribution >= 4 is 5.91 Å². The van der Waals surface area contributed by atoms with Gasteiger partial charge in [-0.05, 0) is 54.3 Å². The molecule has 160 valence electrons. The highest BCUT2D eigenvalue weighted by molar-refractivity contribution is 5.94. The fourth-order valence-electron chi connectivity index (χ4n) is 4.26. The summed E-state index contributed by atoms with van der Waals surface area (Å²) in [6.45, 7) is 6.73. The molecule has 2 fully saturated rings. The number of rotatable bonds is 5. The lowest BCUT2D eigenvalue weighted by atomic mass is 10.0. The number of aromatic nitrogens is 1. The number of hydrogen-bond donors (Lipinski definition) is 2. The van der Waals surface area contributed by atoms with E-state index in [9.17, 15) is 9.59 Å². The van der Waals surface area contributed by atoms with Crippen molar-refractivity contribution in [1.29, 1.82) is 0 Å². The van der Waals surface area contributed by atoms with Crippen molar-refractivity contribution in [2.45, 2.75) is 38.5 Å². The number of carbonyl (C=O) groups is 1. The minimum Gasteiger partial charge on any atom is -0.497 e. The van der Waals surface area contributed by atoms with E-state index in [-0.39, 0.29) is 29.2 Å². The van der Waals surface area contributed by atoms with Gasteiger partial charge in [-0.15, -0.1) is 0 Å². The smallest absolute Gasteiger partial charge is 0.261 e. The highest BCUT2D eigenvalue weighted by Crippen LogP contribution is 2.26. The first kappa shape index (κ1) is 20.6. The van der Waals surface area contributed by atoms with Gasteiger partial charge in [-0.25, -0.2) is 0 Å². The molecule has 2 aliphatic rings. The highest BCUT2D eigenvalue weighted by atomic mass is 16.5. The molecular weight excluding hydrogens is 382 g/mol. The zero-order valence-electron chi connectivity index (χ0n) is 17.7. The van der Waals surface area contributed by atoms with Gasteiger partial charge in [-0.1, -0.05) is 13.8 Å². The van der Waals surface area contributed by atoms with Crippen molar-refractivity contribution in [3.05, 3.63) is 52.3 Å². The van der Waals surface area contributed by atoms with Gasteiger partial charge >= 0.3 is 0 Å². The van der Waals surface area contributed by atoms with Crippen LogP contribution in [0, 0.1) is 5.92 Å². The minimum absolute atomic E-state index is 0.0256. The third kappa shape index (κ3) is 4.27. The number of nitrogens with zero attached hydrogens (tertiary/aromatic N) is 1. The van der Waals surface area contributed by atoms with Crippen molar-refractivity contribution in [2.24, 2.45) is 5.92 Å². The number of aromatic amines is 1. The molecule has 3 heterocycles. The number of fused-ring (bicyclic) bond motifs is 1. The Kier molecular flexibility index (Phi) is 5.92. The normalized spacial score (nSPS) is 23.9. The SMILES string of the molecule is COc1ccc(-c2ccc(C(=O)N[C@H]3C[C@H]4CO[C@@H](C(C)C)CN4C3)c(=O)[nH]2)cc1. The van der Waals surface area contributed by atoms with Gasteiger partial charge in [0.15, 0.2) is 0 Å². The van der Waals surface area contributed by atoms with Crippen LogP contribution in [0.3, 0.4) is 0 Å². The summed E-state index contributed by atoms with van der Waals surface area (Å²) in [5.74, 6) is 0.890. The number of carbonyl (C=O) groups excluding carboxylic acids is 1. The van der Waals surface area contributed by atoms with Crippen molar-refractivity contribution in [3.8, 4) is 17.0 Å². The number of hydrogen-bond acceptors (Lipinski definition) is 5. The molecule has 0 radical (unpaired) electrons. The number of benzene rings is 1. The summed E-state index contributed by atoms with van der Waals surface area (Å²) < 4.78 is 11.1. The summed E-state index contributed by atoms with van der Waals surface area (Å²) in [5.41, 5.74) is 1.26. The van der Waals surface area contributed by atoms with E-state index < -0.39 is 0 Å². The zero-order chi connectivity index (χ0) is 21.3. The summed E-state index contributed by atoms with van der Waals surface area (Å²) in [4.78, 5) is 30.5. The predicted octanol–water partition coefficient (Wildman–Crippen LogP) is 2.28. The first-order valence-electron chi connectivity index (χ1n) is 10.5. The summed E-state index contributed by atoms with van der Waals surface area (Å²) in [6.07, 6.45) is 1.09. The van der Waals surface area contributed by atoms with Crippen LogP contribution >= 0.6 is 0 Å². The number of H-pyrrole nitrogens is 1. The van der Waals surface area contributed by atoms with Gasteiger partial charge in [0.05, 0.1) is 19.8 Å². The molecule has 1 aromatic heterocycles. The average molecular weight is 412 g/mol. The lowest BCUT2D eigenvalue weighted by Gasteiger charge is -2.36. The summed E-state index contributed by atoms with van der Waals surface area (Å²) in [7, 11) is 1.61. The third-order valence-corrected chi connectivity index (χ3v) is 6.08. The van der Waals surface area contributed by atoms with Crippen LogP contribution in [0.15, 0.2) is 41.2 Å². The minimum atomic E-state index is -0.389. The van der Waals surface area contributed by atoms with Crippen LogP contribution in [0.4, 0.5) is 0 Å². The van der Waals surface area contributed by atoms with Crippen LogP contribution < -0.4 is 15.6 Å². The van der Waals surface area contributed by atoms with Gasteiger partial charge < -0.3 is 19.8 Å². The lowest BCUT2D eigenvalue weighted by molar-refractivity contribution is -0.0683. The Hall–Kier alpha value is -2.64. The standard InChI is InChI=1S/C23H29N3O4/c1-14(2)21-12-26-11-16(10-17(26)13-30-21)24-22(27)19-8-9-20(25-23(19)28)15-4-6-18(29-3)7-5-15/h4-9,14,16-17,21H,10-13H2,1-3H3,(H,24,27)(H,25,28)/t16-,17-,21+/m0/s1. The molecular formula is C23H29N3O4. The number of nitrogens with one attached hydrogen (secondary N) is 2. The zero-order valence-corrected chi connectivity index (χ0v) is 17.7. The number of ether oxygens (including phenoxy) is 2. The summed E-state index contributed by atoms with van der Waals surface area (Å²) in [6, 6.07) is 11.1. The fraction of sp³-hybridized carbons (Fsp3) is 0.478. The molecule has 2 aliphatic heterocycles. The quantitative estimate of drug-likeness (QED) is 0.789. The van der Waals surface area contributed by atoms with E-state index in [1.54, 1.807) is 19.2 Å². The second kappa shape index (κ2) is 8.62. The van der Waals surface area contributed by atoms with Crippen molar-refractivity contribution < 1.29 is 14.3 Å². The van der Waals surface area contributed by atoms with E-state index in [1.807, 2.05) is 24.3 Å². The lowest BCUT2D eigenvalue weighted by Crippen LogP contribution is -2.48. The van der Waals surface area contributed by atoms with Crippen molar-refractivity contribution in [1.82, 2.24) is 15.2 Å². The molecule has 2 N–H and O–H groups in total. The van der Waals surface area contributed by atoms with E-state index >= 15 is 0 Å². The molecule has 0 saturated carbocycles. The molecule has 0 bridgehead atoms. The highest BCUT2D eigenvalue weighted by Gasteiger charge is 2.38. The summed E-state index contributed by atoms with van der Waals surface area (Å²) >= 11 is 0. The molecule has 0 unspecified atom stereocenters. The first-order chi connectivity index (χ1) is 14.4. The van der Waals surface area contributed by atoms with Crippen LogP contribution in [-0.2, 0) is 4.74 Å². The molecule has 7 heteroatoms. The van der Waals surface area contributed by atoms with Crippen LogP contribution in [0.25, 0.3) is 11.3 Å². The molecule has 3 atom stereocenters. The maximum atomic E-state index is 12.7. The Morgan fingerprint density at radius 3 is 2.63 bits per heavy atom. The molecule has 0 spiro atoms. The average Bonchev–Trinajstić information content (AvgIpc) is 3.14. The van der Waals surface area contributed by atoms with E-state index in [0.717, 1.165) is 30.8 Å². The van der Waals surface area contributed by atoms with Crippen LogP contribution in [0.2, 0.25) is 0 Å².